The smallest absolute Gasteiger partial charge is 0.231 e. The average molecular weight is 261 g/mol. The molecule has 0 heterocycles. The van der Waals surface area contributed by atoms with Gasteiger partial charge in [-0.05, 0) is 31.2 Å². The number of halogens is 2. The van der Waals surface area contributed by atoms with Crippen LogP contribution in [0.15, 0.2) is 24.3 Å². The summed E-state index contributed by atoms with van der Waals surface area (Å²) in [6, 6.07) is 5.60. The molecule has 96 valence electrons. The van der Waals surface area contributed by atoms with Crippen LogP contribution in [0.2, 0.25) is 0 Å². The third-order valence-electron chi connectivity index (χ3n) is 2.72. The zero-order valence-electron chi connectivity index (χ0n) is 10.2. The zero-order chi connectivity index (χ0) is 12.3. The maximum Gasteiger partial charge on any atom is 0.231 e. The maximum absolute atomic E-state index is 12.7. The van der Waals surface area contributed by atoms with Crippen molar-refractivity contribution in [1.82, 2.24) is 0 Å². The lowest BCUT2D eigenvalue weighted by molar-refractivity contribution is -0.122. The number of benzene rings is 1. The predicted molar refractivity (Wildman–Crippen MR) is 69.9 cm³/mol. The number of anilines is 1. The van der Waals surface area contributed by atoms with Gasteiger partial charge in [-0.2, -0.15) is 0 Å². The first-order valence-corrected chi connectivity index (χ1v) is 5.22. The normalized spacial score (nSPS) is 13.5. The summed E-state index contributed by atoms with van der Waals surface area (Å²) in [7, 11) is 1.66. The van der Waals surface area contributed by atoms with Crippen molar-refractivity contribution in [2.24, 2.45) is 11.7 Å². The fourth-order valence-electron chi connectivity index (χ4n) is 1.32. The van der Waals surface area contributed by atoms with Crippen LogP contribution < -0.4 is 10.6 Å². The number of nitrogens with two attached hydrogens (primary N) is 1. The van der Waals surface area contributed by atoms with Gasteiger partial charge in [0.25, 0.3) is 0 Å². The van der Waals surface area contributed by atoms with E-state index in [1.54, 1.807) is 33.0 Å². The molecule has 0 fully saturated rings. The third-order valence-corrected chi connectivity index (χ3v) is 2.72. The molecule has 0 saturated heterocycles. The monoisotopic (exact) mass is 260 g/mol. The lowest BCUT2D eigenvalue weighted by atomic mass is 10.0. The Kier molecular flexibility index (Phi) is 6.13. The molecule has 2 N–H and O–H groups in total. The second kappa shape index (κ2) is 6.57. The van der Waals surface area contributed by atoms with E-state index in [1.165, 1.54) is 17.0 Å². The van der Waals surface area contributed by atoms with Crippen LogP contribution in [-0.4, -0.2) is 19.0 Å². The Morgan fingerprint density at radius 3 is 2.18 bits per heavy atom. The highest BCUT2D eigenvalue weighted by Crippen LogP contribution is 2.16. The highest BCUT2D eigenvalue weighted by Gasteiger charge is 2.21. The van der Waals surface area contributed by atoms with E-state index in [0.29, 0.717) is 5.69 Å². The number of hydrogen-bond acceptors (Lipinski definition) is 2. The first-order valence-electron chi connectivity index (χ1n) is 5.22. The van der Waals surface area contributed by atoms with E-state index < -0.39 is 0 Å². The second-order valence-electron chi connectivity index (χ2n) is 4.02. The summed E-state index contributed by atoms with van der Waals surface area (Å²) in [5, 5.41) is 0. The Morgan fingerprint density at radius 2 is 1.76 bits per heavy atom. The molecule has 3 nitrogen and oxygen atoms in total. The van der Waals surface area contributed by atoms with E-state index in [-0.39, 0.29) is 36.1 Å². The van der Waals surface area contributed by atoms with Crippen molar-refractivity contribution < 1.29 is 9.18 Å². The van der Waals surface area contributed by atoms with Crippen molar-refractivity contribution in [3.8, 4) is 0 Å². The first kappa shape index (κ1) is 15.9. The topological polar surface area (TPSA) is 46.3 Å². The van der Waals surface area contributed by atoms with Crippen LogP contribution in [0.25, 0.3) is 0 Å². The average Bonchev–Trinajstić information content (AvgIpc) is 2.27. The fourth-order valence-corrected chi connectivity index (χ4v) is 1.32. The molecular weight excluding hydrogens is 243 g/mol. The summed E-state index contributed by atoms with van der Waals surface area (Å²) < 4.78 is 12.7. The number of amides is 1. The van der Waals surface area contributed by atoms with Gasteiger partial charge < -0.3 is 10.6 Å². The molecule has 0 aliphatic rings. The van der Waals surface area contributed by atoms with Crippen LogP contribution in [0.3, 0.4) is 0 Å². The van der Waals surface area contributed by atoms with Crippen molar-refractivity contribution in [1.29, 1.82) is 0 Å². The van der Waals surface area contributed by atoms with Gasteiger partial charge in [-0.3, -0.25) is 4.79 Å². The summed E-state index contributed by atoms with van der Waals surface area (Å²) in [5.74, 6) is -0.637. The Balaban J connectivity index is 0.00000256. The number of carbonyl (C=O) groups excluding carboxylic acids is 1. The fraction of sp³-hybridized carbons (Fsp3) is 0.417. The molecule has 0 radical (unpaired) electrons. The molecule has 0 aliphatic heterocycles. The van der Waals surface area contributed by atoms with Gasteiger partial charge in [-0.15, -0.1) is 12.4 Å². The maximum atomic E-state index is 12.7. The van der Waals surface area contributed by atoms with Gasteiger partial charge >= 0.3 is 0 Å². The van der Waals surface area contributed by atoms with Gasteiger partial charge in [0.15, 0.2) is 0 Å². The summed E-state index contributed by atoms with van der Waals surface area (Å²) in [4.78, 5) is 13.4. The molecule has 2 unspecified atom stereocenters. The summed E-state index contributed by atoms with van der Waals surface area (Å²) in [5.41, 5.74) is 6.33. The van der Waals surface area contributed by atoms with E-state index in [9.17, 15) is 9.18 Å². The summed E-state index contributed by atoms with van der Waals surface area (Å²) >= 11 is 0. The number of carbonyl (C=O) groups is 1. The highest BCUT2D eigenvalue weighted by atomic mass is 35.5. The Hall–Kier alpha value is -1.13. The molecule has 1 aromatic rings. The van der Waals surface area contributed by atoms with E-state index in [0.717, 1.165) is 0 Å². The number of rotatable bonds is 3. The molecule has 0 aromatic heterocycles. The Labute approximate surface area is 107 Å². The van der Waals surface area contributed by atoms with Crippen LogP contribution in [-0.2, 0) is 4.79 Å². The van der Waals surface area contributed by atoms with E-state index in [2.05, 4.69) is 0 Å². The van der Waals surface area contributed by atoms with Crippen LogP contribution in [0.4, 0.5) is 10.1 Å². The molecule has 0 spiro atoms. The van der Waals surface area contributed by atoms with Crippen molar-refractivity contribution in [3.63, 3.8) is 0 Å². The third kappa shape index (κ3) is 3.98. The predicted octanol–water partition coefficient (Wildman–Crippen LogP) is 2.19. The quantitative estimate of drug-likeness (QED) is 0.906. The lowest BCUT2D eigenvalue weighted by Crippen LogP contribution is -2.39. The van der Waals surface area contributed by atoms with Gasteiger partial charge in [0, 0.05) is 18.8 Å². The van der Waals surface area contributed by atoms with Crippen molar-refractivity contribution in [3.05, 3.63) is 30.1 Å². The van der Waals surface area contributed by atoms with E-state index >= 15 is 0 Å². The largest absolute Gasteiger partial charge is 0.327 e. The number of hydrogen-bond donors (Lipinski definition) is 1. The molecule has 2 atom stereocenters. The van der Waals surface area contributed by atoms with Crippen LogP contribution in [0.5, 0.6) is 0 Å². The lowest BCUT2D eigenvalue weighted by Gasteiger charge is -2.23. The summed E-state index contributed by atoms with van der Waals surface area (Å²) in [6.45, 7) is 3.58. The number of nitrogens with zero attached hydrogens (tertiary/aromatic N) is 1. The first-order chi connectivity index (χ1) is 7.43. The molecule has 0 aliphatic carbocycles. The SMILES string of the molecule is CC(N)C(C)C(=O)N(C)c1ccc(F)cc1.Cl. The van der Waals surface area contributed by atoms with Gasteiger partial charge in [-0.25, -0.2) is 4.39 Å². The van der Waals surface area contributed by atoms with E-state index in [4.69, 9.17) is 5.73 Å². The second-order valence-corrected chi connectivity index (χ2v) is 4.02. The Morgan fingerprint density at radius 1 is 1.29 bits per heavy atom. The van der Waals surface area contributed by atoms with Gasteiger partial charge in [0.05, 0.1) is 5.92 Å². The highest BCUT2D eigenvalue weighted by molar-refractivity contribution is 5.94. The summed E-state index contributed by atoms with van der Waals surface area (Å²) in [6.07, 6.45) is 0. The molecule has 1 rings (SSSR count). The molecule has 17 heavy (non-hydrogen) atoms. The van der Waals surface area contributed by atoms with Crippen molar-refractivity contribution in [2.75, 3.05) is 11.9 Å². The van der Waals surface area contributed by atoms with Gasteiger partial charge in [0.1, 0.15) is 5.82 Å². The van der Waals surface area contributed by atoms with Crippen LogP contribution in [0.1, 0.15) is 13.8 Å². The minimum atomic E-state index is -0.315. The molecule has 5 heteroatoms. The van der Waals surface area contributed by atoms with Crippen molar-refractivity contribution >= 4 is 24.0 Å². The molecule has 0 saturated carbocycles. The van der Waals surface area contributed by atoms with Crippen molar-refractivity contribution in [2.45, 2.75) is 19.9 Å². The minimum absolute atomic E-state index is 0. The van der Waals surface area contributed by atoms with E-state index in [1.807, 2.05) is 0 Å². The molecule has 1 amide bonds. The minimum Gasteiger partial charge on any atom is -0.327 e. The molecule has 1 aromatic carbocycles. The Bertz CT molecular complexity index is 367. The van der Waals surface area contributed by atoms with Gasteiger partial charge in [0.2, 0.25) is 5.91 Å². The standard InChI is InChI=1S/C12H17FN2O.ClH/c1-8(9(2)14)12(16)15(3)11-6-4-10(13)5-7-11;/h4-9H,14H2,1-3H3;1H. The molecular formula is C12H18ClFN2O. The van der Waals surface area contributed by atoms with Crippen LogP contribution in [0, 0.1) is 11.7 Å². The van der Waals surface area contributed by atoms with Crippen LogP contribution >= 0.6 is 12.4 Å². The molecule has 0 bridgehead atoms. The van der Waals surface area contributed by atoms with Gasteiger partial charge in [-0.1, -0.05) is 6.92 Å². The zero-order valence-corrected chi connectivity index (χ0v) is 11.0.